The van der Waals surface area contributed by atoms with Crippen molar-refractivity contribution in [1.82, 2.24) is 0 Å². The fourth-order valence-corrected chi connectivity index (χ4v) is 12.7. The lowest BCUT2D eigenvalue weighted by Crippen LogP contribution is -2.66. The van der Waals surface area contributed by atoms with Crippen molar-refractivity contribution in [3.63, 3.8) is 0 Å². The van der Waals surface area contributed by atoms with E-state index in [4.69, 9.17) is 18.3 Å². The number of hydrogen-bond acceptors (Lipinski definition) is 5. The van der Waals surface area contributed by atoms with Crippen LogP contribution in [0.1, 0.15) is 80.7 Å². The third kappa shape index (κ3) is 10.6. The summed E-state index contributed by atoms with van der Waals surface area (Å²) in [5.41, 5.74) is 1.11. The van der Waals surface area contributed by atoms with Crippen molar-refractivity contribution in [2.75, 3.05) is 20.3 Å². The maximum absolute atomic E-state index is 10.4. The van der Waals surface area contributed by atoms with Crippen molar-refractivity contribution in [2.24, 2.45) is 17.8 Å². The summed E-state index contributed by atoms with van der Waals surface area (Å²) < 4.78 is 26.6. The summed E-state index contributed by atoms with van der Waals surface area (Å²) in [6, 6.07) is 29.9. The van der Waals surface area contributed by atoms with Crippen LogP contribution >= 0.6 is 0 Å². The number of rotatable bonds is 18. The molecule has 49 heavy (non-hydrogen) atoms. The van der Waals surface area contributed by atoms with Gasteiger partial charge in [-0.25, -0.2) is 0 Å². The number of hydrogen-bond donors (Lipinski definition) is 1. The van der Waals surface area contributed by atoms with Gasteiger partial charge in [-0.05, 0) is 70.0 Å². The van der Waals surface area contributed by atoms with E-state index in [0.717, 1.165) is 24.2 Å². The molecule has 5 nitrogen and oxygen atoms in total. The molecule has 0 amide bonds. The van der Waals surface area contributed by atoms with Gasteiger partial charge in [-0.15, -0.1) is 0 Å². The van der Waals surface area contributed by atoms with Crippen LogP contribution in [0.15, 0.2) is 84.9 Å². The zero-order chi connectivity index (χ0) is 36.5. The molecule has 0 aromatic heterocycles. The topological polar surface area (TPSA) is 57.2 Å². The fraction of sp³-hybridized carbons (Fsp3) is 0.571. The van der Waals surface area contributed by atoms with Gasteiger partial charge in [-0.3, -0.25) is 0 Å². The molecule has 0 radical (unpaired) electrons. The molecule has 0 fully saturated rings. The zero-order valence-electron chi connectivity index (χ0n) is 32.6. The van der Waals surface area contributed by atoms with Gasteiger partial charge in [0.2, 0.25) is 0 Å². The first kappa shape index (κ1) is 41.2. The maximum atomic E-state index is 10.4. The highest BCUT2D eigenvalue weighted by atomic mass is 28.4. The van der Waals surface area contributed by atoms with E-state index in [0.29, 0.717) is 19.1 Å². The molecular formula is C42H66O5Si2. The third-order valence-electron chi connectivity index (χ3n) is 10.8. The van der Waals surface area contributed by atoms with Gasteiger partial charge in [0.25, 0.3) is 8.32 Å². The maximum Gasteiger partial charge on any atom is 0.261 e. The van der Waals surface area contributed by atoms with Gasteiger partial charge >= 0.3 is 0 Å². The predicted octanol–water partition coefficient (Wildman–Crippen LogP) is 9.23. The lowest BCUT2D eigenvalue weighted by molar-refractivity contribution is -0.0602. The molecule has 0 unspecified atom stereocenters. The second kappa shape index (κ2) is 17.8. The SMILES string of the molecule is COc1ccc(CO[C@H](CC[C@H](C)CO[Si](c2ccccc2)(c2ccccc2)C(C)(C)C)[C@H](C)[C@@H](O[Si](C)(C)C(C)(C)C)[C@@H](C)CO)cc1. The Bertz CT molecular complexity index is 1330. The Labute approximate surface area is 301 Å². The smallest absolute Gasteiger partial charge is 0.261 e. The van der Waals surface area contributed by atoms with Crippen LogP contribution in [0.25, 0.3) is 0 Å². The van der Waals surface area contributed by atoms with E-state index in [2.05, 4.69) is 148 Å². The summed E-state index contributed by atoms with van der Waals surface area (Å²) in [5.74, 6) is 1.23. The summed E-state index contributed by atoms with van der Waals surface area (Å²) in [6.45, 7) is 26.3. The molecule has 0 bridgehead atoms. The van der Waals surface area contributed by atoms with E-state index < -0.39 is 16.6 Å². The van der Waals surface area contributed by atoms with Crippen LogP contribution < -0.4 is 15.1 Å². The Balaban J connectivity index is 1.87. The first-order valence-electron chi connectivity index (χ1n) is 18.2. The van der Waals surface area contributed by atoms with Crippen molar-refractivity contribution >= 4 is 27.0 Å². The summed E-state index contributed by atoms with van der Waals surface area (Å²) in [7, 11) is -3.05. The van der Waals surface area contributed by atoms with Crippen LogP contribution in [0.5, 0.6) is 5.75 Å². The van der Waals surface area contributed by atoms with Gasteiger partial charge in [0, 0.05) is 25.0 Å². The van der Waals surface area contributed by atoms with Crippen LogP contribution in [-0.2, 0) is 20.2 Å². The van der Waals surface area contributed by atoms with Gasteiger partial charge in [-0.2, -0.15) is 0 Å². The first-order valence-corrected chi connectivity index (χ1v) is 23.1. The minimum absolute atomic E-state index is 0.00730. The minimum atomic E-state index is -2.62. The van der Waals surface area contributed by atoms with E-state index in [1.807, 2.05) is 12.1 Å². The van der Waals surface area contributed by atoms with Crippen LogP contribution in [0.2, 0.25) is 23.2 Å². The summed E-state index contributed by atoms with van der Waals surface area (Å²) >= 11 is 0. The minimum Gasteiger partial charge on any atom is -0.497 e. The molecule has 3 aromatic carbocycles. The van der Waals surface area contributed by atoms with Crippen molar-refractivity contribution < 1.29 is 23.4 Å². The second-order valence-corrected chi connectivity index (χ2v) is 25.8. The standard InChI is InChI=1S/C42H66O5Si2/c1-32(30-46-49(42(7,8)9,37-19-15-13-16-20-37)38-21-17-14-18-22-38)23-28-39(45-31-35-24-26-36(44-10)27-25-35)34(3)40(33(2)29-43)47-48(11,12)41(4,5)6/h13-22,24-27,32-34,39-40,43H,23,28-31H2,1-12H3/t32-,33-,34-,39+,40-/m0/s1. The Morgan fingerprint density at radius 2 is 1.24 bits per heavy atom. The molecule has 3 aromatic rings. The summed E-state index contributed by atoms with van der Waals surface area (Å²) in [4.78, 5) is 0. The molecule has 272 valence electrons. The largest absolute Gasteiger partial charge is 0.497 e. The summed E-state index contributed by atoms with van der Waals surface area (Å²) in [5, 5.41) is 13.0. The third-order valence-corrected chi connectivity index (χ3v) is 20.2. The average molecular weight is 707 g/mol. The second-order valence-electron chi connectivity index (χ2n) is 16.7. The van der Waals surface area contributed by atoms with Gasteiger partial charge in [0.05, 0.1) is 25.9 Å². The highest BCUT2D eigenvalue weighted by molar-refractivity contribution is 6.99. The highest BCUT2D eigenvalue weighted by Gasteiger charge is 2.50. The van der Waals surface area contributed by atoms with Gasteiger partial charge in [-0.1, -0.05) is 135 Å². The molecule has 3 rings (SSSR count). The van der Waals surface area contributed by atoms with Crippen LogP contribution in [-0.4, -0.2) is 54.3 Å². The monoisotopic (exact) mass is 706 g/mol. The van der Waals surface area contributed by atoms with E-state index in [9.17, 15) is 5.11 Å². The normalized spacial score (nSPS) is 16.1. The molecule has 0 spiro atoms. The molecule has 7 heteroatoms. The molecule has 1 N–H and O–H groups in total. The Morgan fingerprint density at radius 1 is 0.714 bits per heavy atom. The number of aliphatic hydroxyl groups excluding tert-OH is 1. The molecule has 0 aliphatic carbocycles. The number of ether oxygens (including phenoxy) is 2. The Hall–Kier alpha value is -2.27. The zero-order valence-corrected chi connectivity index (χ0v) is 34.6. The molecular weight excluding hydrogens is 641 g/mol. The van der Waals surface area contributed by atoms with E-state index >= 15 is 0 Å². The van der Waals surface area contributed by atoms with E-state index in [-0.39, 0.29) is 40.7 Å². The van der Waals surface area contributed by atoms with Crippen LogP contribution in [0.3, 0.4) is 0 Å². The quantitative estimate of drug-likeness (QED) is 0.134. The van der Waals surface area contributed by atoms with E-state index in [1.54, 1.807) is 7.11 Å². The van der Waals surface area contributed by atoms with Gasteiger partial charge in [0.1, 0.15) is 5.75 Å². The Morgan fingerprint density at radius 3 is 1.69 bits per heavy atom. The van der Waals surface area contributed by atoms with Crippen molar-refractivity contribution in [3.8, 4) is 5.75 Å². The highest BCUT2D eigenvalue weighted by Crippen LogP contribution is 2.41. The number of aliphatic hydroxyl groups is 1. The van der Waals surface area contributed by atoms with E-state index in [1.165, 1.54) is 10.4 Å². The van der Waals surface area contributed by atoms with Gasteiger partial charge in [0.15, 0.2) is 8.32 Å². The predicted molar refractivity (Wildman–Crippen MR) is 211 cm³/mol. The number of benzene rings is 3. The van der Waals surface area contributed by atoms with Crippen molar-refractivity contribution in [1.29, 1.82) is 0 Å². The Kier molecular flexibility index (Phi) is 14.9. The number of methoxy groups -OCH3 is 1. The molecule has 0 aliphatic rings. The van der Waals surface area contributed by atoms with Crippen LogP contribution in [0.4, 0.5) is 0 Å². The fourth-order valence-electron chi connectivity index (χ4n) is 6.56. The summed E-state index contributed by atoms with van der Waals surface area (Å²) in [6.07, 6.45) is 1.66. The lowest BCUT2D eigenvalue weighted by Gasteiger charge is -2.44. The first-order chi connectivity index (χ1) is 23.0. The van der Waals surface area contributed by atoms with Crippen molar-refractivity contribution in [3.05, 3.63) is 90.5 Å². The molecule has 0 saturated carbocycles. The van der Waals surface area contributed by atoms with Crippen LogP contribution in [0, 0.1) is 17.8 Å². The lowest BCUT2D eigenvalue weighted by atomic mass is 9.86. The average Bonchev–Trinajstić information content (AvgIpc) is 3.07. The molecule has 0 aliphatic heterocycles. The van der Waals surface area contributed by atoms with Crippen molar-refractivity contribution in [2.45, 2.75) is 117 Å². The molecule has 0 saturated heterocycles. The van der Waals surface area contributed by atoms with Gasteiger partial charge < -0.3 is 23.4 Å². The molecule has 5 atom stereocenters. The molecule has 0 heterocycles.